The molecular formula is C24H29N7O3S. The number of benzene rings is 1. The van der Waals surface area contributed by atoms with Crippen LogP contribution in [0.25, 0.3) is 32.6 Å². The van der Waals surface area contributed by atoms with Gasteiger partial charge in [-0.2, -0.15) is 5.10 Å². The van der Waals surface area contributed by atoms with Gasteiger partial charge in [0.2, 0.25) is 0 Å². The lowest BCUT2D eigenvalue weighted by Gasteiger charge is -2.50. The first-order chi connectivity index (χ1) is 16.4. The summed E-state index contributed by atoms with van der Waals surface area (Å²) in [4.78, 5) is 5.68. The summed E-state index contributed by atoms with van der Waals surface area (Å²) in [6.45, 7) is 8.20. The predicted octanol–water partition coefficient (Wildman–Crippen LogP) is 2.85. The number of fused-ring (bicyclic) bond motifs is 1. The number of anilines is 1. The van der Waals surface area contributed by atoms with Crippen LogP contribution in [0.4, 0.5) is 5.82 Å². The van der Waals surface area contributed by atoms with Crippen molar-refractivity contribution in [1.29, 1.82) is 0 Å². The Bertz CT molecular complexity index is 1310. The molecule has 5 rings (SSSR count). The third kappa shape index (κ3) is 4.65. The smallest absolute Gasteiger partial charge is 0.325 e. The number of aromatic amines is 1. The van der Waals surface area contributed by atoms with E-state index < -0.39 is 6.10 Å². The molecule has 1 aliphatic heterocycles. The van der Waals surface area contributed by atoms with Gasteiger partial charge in [-0.3, -0.25) is 10.00 Å². The molecule has 0 unspecified atom stereocenters. The number of nitrogens with zero attached hydrogens (tertiary/aromatic N) is 5. The number of thiazole rings is 1. The normalized spacial score (nSPS) is 18.1. The second-order valence-corrected chi connectivity index (χ2v) is 11.2. The maximum absolute atomic E-state index is 10.3. The van der Waals surface area contributed by atoms with Crippen LogP contribution < -0.4 is 10.2 Å². The Hall–Kier alpha value is -2.96. The third-order valence-corrected chi connectivity index (χ3v) is 7.18. The van der Waals surface area contributed by atoms with Crippen LogP contribution in [-0.4, -0.2) is 63.9 Å². The van der Waals surface area contributed by atoms with Crippen molar-refractivity contribution in [2.24, 2.45) is 0 Å². The van der Waals surface area contributed by atoms with Crippen molar-refractivity contribution in [2.75, 3.05) is 4.90 Å². The van der Waals surface area contributed by atoms with Gasteiger partial charge in [0.05, 0.1) is 27.6 Å². The Morgan fingerprint density at radius 3 is 2.31 bits per heavy atom. The zero-order chi connectivity index (χ0) is 25.0. The van der Waals surface area contributed by atoms with Gasteiger partial charge in [-0.25, -0.2) is 4.98 Å². The Balaban J connectivity index is 1.51. The fraction of sp³-hybridized carbons (Fsp3) is 0.417. The summed E-state index contributed by atoms with van der Waals surface area (Å²) in [5.74, 6) is 0.176. The predicted molar refractivity (Wildman–Crippen MR) is 134 cm³/mol. The largest absolute Gasteiger partial charge is 0.371 e. The van der Waals surface area contributed by atoms with Gasteiger partial charge in [-0.1, -0.05) is 12.1 Å². The Morgan fingerprint density at radius 1 is 1.00 bits per heavy atom. The molecule has 35 heavy (non-hydrogen) atoms. The van der Waals surface area contributed by atoms with E-state index in [9.17, 15) is 15.3 Å². The fourth-order valence-electron chi connectivity index (χ4n) is 5.42. The molecule has 10 nitrogen and oxygen atoms in total. The topological polar surface area (TPSA) is 143 Å². The van der Waals surface area contributed by atoms with Crippen molar-refractivity contribution >= 4 is 27.4 Å². The number of hydrogen-bond acceptors (Lipinski definition) is 10. The van der Waals surface area contributed by atoms with Crippen molar-refractivity contribution in [1.82, 2.24) is 30.7 Å². The molecule has 0 radical (unpaired) electrons. The van der Waals surface area contributed by atoms with Crippen LogP contribution in [0.2, 0.25) is 0 Å². The molecule has 0 aliphatic carbocycles. The number of rotatable bonds is 5. The first kappa shape index (κ1) is 23.8. The monoisotopic (exact) mass is 495 g/mol. The molecule has 184 valence electrons. The molecule has 1 aliphatic rings. The lowest BCUT2D eigenvalue weighted by Crippen LogP contribution is -2.66. The summed E-state index contributed by atoms with van der Waals surface area (Å²) < 4.78 is 0.963. The molecule has 0 amide bonds. The molecular weight excluding hydrogens is 466 g/mol. The average Bonchev–Trinajstić information content (AvgIpc) is 3.43. The molecule has 0 saturated carbocycles. The van der Waals surface area contributed by atoms with Gasteiger partial charge < -0.3 is 20.6 Å². The van der Waals surface area contributed by atoms with Gasteiger partial charge in [0, 0.05) is 40.0 Å². The lowest BCUT2D eigenvalue weighted by atomic mass is 9.79. The van der Waals surface area contributed by atoms with E-state index in [0.717, 1.165) is 31.8 Å². The maximum Gasteiger partial charge on any atom is 0.371 e. The molecule has 1 fully saturated rings. The van der Waals surface area contributed by atoms with E-state index in [4.69, 9.17) is 0 Å². The molecule has 11 heteroatoms. The Labute approximate surface area is 206 Å². The van der Waals surface area contributed by atoms with Crippen molar-refractivity contribution in [3.05, 3.63) is 42.2 Å². The van der Waals surface area contributed by atoms with Crippen LogP contribution in [0, 0.1) is 0 Å². The average molecular weight is 496 g/mol. The highest BCUT2D eigenvalue weighted by molar-refractivity contribution is 7.17. The van der Waals surface area contributed by atoms with E-state index in [-0.39, 0.29) is 22.9 Å². The van der Waals surface area contributed by atoms with Gasteiger partial charge >= 0.3 is 6.10 Å². The first-order valence-electron chi connectivity index (χ1n) is 11.4. The van der Waals surface area contributed by atoms with Crippen molar-refractivity contribution in [2.45, 2.75) is 63.8 Å². The highest BCUT2D eigenvalue weighted by Gasteiger charge is 2.45. The van der Waals surface area contributed by atoms with Crippen LogP contribution >= 0.6 is 11.3 Å². The summed E-state index contributed by atoms with van der Waals surface area (Å²) in [5.41, 5.74) is 5.48. The van der Waals surface area contributed by atoms with Crippen LogP contribution in [0.15, 0.2) is 42.2 Å². The number of H-pyrrole nitrogens is 1. The Kier molecular flexibility index (Phi) is 5.65. The molecule has 0 spiro atoms. The second-order valence-electron chi connectivity index (χ2n) is 10.4. The minimum Gasteiger partial charge on any atom is -0.325 e. The molecule has 0 bridgehead atoms. The minimum absolute atomic E-state index is 0.176. The zero-order valence-electron chi connectivity index (χ0n) is 20.0. The summed E-state index contributed by atoms with van der Waals surface area (Å²) in [5, 5.41) is 50.0. The standard InChI is InChI=1S/C24H29N7O3S/c1-22(2)9-15(10-23(3,4)30-22)31(24(32,33)34)19-8-7-18(28-29-19)17-6-5-16(14-11-26-27-12-14)20-21(17)35-13-25-20/h5-8,11-13,15,30,32-34H,9-10H2,1-4H3,(H,26,27). The van der Waals surface area contributed by atoms with E-state index in [1.807, 2.05) is 18.3 Å². The summed E-state index contributed by atoms with van der Waals surface area (Å²) in [6.07, 6.45) is 1.64. The second kappa shape index (κ2) is 8.32. The number of aliphatic hydroxyl groups is 3. The van der Waals surface area contributed by atoms with Crippen LogP contribution in [-0.2, 0) is 0 Å². The van der Waals surface area contributed by atoms with Crippen molar-refractivity contribution < 1.29 is 15.3 Å². The molecule has 1 aromatic carbocycles. The molecule has 4 heterocycles. The van der Waals surface area contributed by atoms with E-state index in [1.165, 1.54) is 11.3 Å². The van der Waals surface area contributed by atoms with Crippen LogP contribution in [0.3, 0.4) is 0 Å². The molecule has 3 aromatic heterocycles. The van der Waals surface area contributed by atoms with Crippen molar-refractivity contribution in [3.8, 4) is 22.4 Å². The molecule has 0 atom stereocenters. The zero-order valence-corrected chi connectivity index (χ0v) is 20.8. The van der Waals surface area contributed by atoms with E-state index in [1.54, 1.807) is 23.8 Å². The van der Waals surface area contributed by atoms with Crippen molar-refractivity contribution in [3.63, 3.8) is 0 Å². The minimum atomic E-state index is -3.08. The molecule has 4 aromatic rings. The number of hydrogen-bond donors (Lipinski definition) is 5. The Morgan fingerprint density at radius 2 is 1.71 bits per heavy atom. The van der Waals surface area contributed by atoms with Crippen LogP contribution in [0.1, 0.15) is 40.5 Å². The van der Waals surface area contributed by atoms with Gasteiger partial charge in [0.1, 0.15) is 0 Å². The third-order valence-electron chi connectivity index (χ3n) is 6.32. The van der Waals surface area contributed by atoms with Gasteiger partial charge in [-0.15, -0.1) is 21.5 Å². The van der Waals surface area contributed by atoms with Gasteiger partial charge in [-0.05, 0) is 52.7 Å². The summed E-state index contributed by atoms with van der Waals surface area (Å²) in [6, 6.07) is 6.98. The number of piperidine rings is 1. The molecule has 5 N–H and O–H groups in total. The van der Waals surface area contributed by atoms with Crippen LogP contribution in [0.5, 0.6) is 0 Å². The van der Waals surface area contributed by atoms with E-state index >= 15 is 0 Å². The number of nitrogens with one attached hydrogen (secondary N) is 2. The first-order valence-corrected chi connectivity index (χ1v) is 12.3. The maximum atomic E-state index is 10.3. The fourth-order valence-corrected chi connectivity index (χ4v) is 6.25. The number of aromatic nitrogens is 5. The quantitative estimate of drug-likeness (QED) is 0.264. The van der Waals surface area contributed by atoms with E-state index in [2.05, 4.69) is 58.4 Å². The SMILES string of the molecule is CC1(C)CC(N(c2ccc(-c3ccc(-c4cn[nH]c4)c4ncsc34)nn2)C(O)(O)O)CC(C)(C)N1. The summed E-state index contributed by atoms with van der Waals surface area (Å²) in [7, 11) is 0. The molecule has 1 saturated heterocycles. The van der Waals surface area contributed by atoms with Gasteiger partial charge in [0.25, 0.3) is 0 Å². The van der Waals surface area contributed by atoms with Gasteiger partial charge in [0.15, 0.2) is 5.82 Å². The highest BCUT2D eigenvalue weighted by atomic mass is 32.1. The van der Waals surface area contributed by atoms with E-state index in [0.29, 0.717) is 18.5 Å². The highest BCUT2D eigenvalue weighted by Crippen LogP contribution is 2.38. The summed E-state index contributed by atoms with van der Waals surface area (Å²) >= 11 is 1.51. The lowest BCUT2D eigenvalue weighted by molar-refractivity contribution is -0.314.